The first-order valence-corrected chi connectivity index (χ1v) is 16.8. The van der Waals surface area contributed by atoms with E-state index in [4.69, 9.17) is 9.47 Å². The average Bonchev–Trinajstić information content (AvgIpc) is 3.47. The molecule has 0 unspecified atom stereocenters. The first-order valence-electron chi connectivity index (χ1n) is 16.8. The molecule has 0 bridgehead atoms. The molecule has 4 saturated heterocycles. The molecule has 11 nitrogen and oxygen atoms in total. The van der Waals surface area contributed by atoms with Crippen LogP contribution in [0.25, 0.3) is 0 Å². The lowest BCUT2D eigenvalue weighted by Crippen LogP contribution is -2.64. The Morgan fingerprint density at radius 3 is 2.30 bits per heavy atom. The number of rotatable bonds is 8. The van der Waals surface area contributed by atoms with E-state index < -0.39 is 5.60 Å². The molecule has 0 aromatic carbocycles. The minimum Gasteiger partial charge on any atom is -0.450 e. The summed E-state index contributed by atoms with van der Waals surface area (Å²) >= 11 is 0. The van der Waals surface area contributed by atoms with Crippen molar-refractivity contribution >= 4 is 18.1 Å². The van der Waals surface area contributed by atoms with Crippen LogP contribution >= 0.6 is 0 Å². The number of amides is 3. The molecular weight excluding hydrogens is 560 g/mol. The number of hydrogen-bond donors (Lipinski definition) is 0. The van der Waals surface area contributed by atoms with Crippen molar-refractivity contribution in [2.45, 2.75) is 97.1 Å². The first-order chi connectivity index (χ1) is 21.1. The summed E-state index contributed by atoms with van der Waals surface area (Å²) in [5, 5.41) is 0. The third-order valence-electron chi connectivity index (χ3n) is 10.9. The van der Waals surface area contributed by atoms with Crippen molar-refractivity contribution < 1.29 is 23.9 Å². The van der Waals surface area contributed by atoms with Crippen molar-refractivity contribution in [1.29, 1.82) is 0 Å². The molecule has 11 heteroatoms. The molecule has 1 spiro atoms. The van der Waals surface area contributed by atoms with Crippen molar-refractivity contribution in [3.63, 3.8) is 0 Å². The zero-order chi connectivity index (χ0) is 31.5. The number of aromatic nitrogens is 2. The van der Waals surface area contributed by atoms with Crippen LogP contribution in [0, 0.1) is 25.7 Å². The molecule has 244 valence electrons. The Kier molecular flexibility index (Phi) is 10.0. The number of aryl methyl sites for hydroxylation is 2. The lowest BCUT2D eigenvalue weighted by atomic mass is 9.74. The average molecular weight is 613 g/mol. The minimum atomic E-state index is -0.415. The maximum atomic E-state index is 13.4. The van der Waals surface area contributed by atoms with Crippen molar-refractivity contribution in [1.82, 2.24) is 29.6 Å². The molecule has 44 heavy (non-hydrogen) atoms. The fraction of sp³-hybridized carbons (Fsp3) is 0.788. The van der Waals surface area contributed by atoms with E-state index >= 15 is 0 Å². The number of unbranched alkanes of at least 4 members (excludes halogenated alkanes) is 1. The van der Waals surface area contributed by atoms with Gasteiger partial charge in [0.25, 0.3) is 5.91 Å². The van der Waals surface area contributed by atoms with E-state index in [-0.39, 0.29) is 29.6 Å². The summed E-state index contributed by atoms with van der Waals surface area (Å²) < 4.78 is 11.6. The highest BCUT2D eigenvalue weighted by molar-refractivity contribution is 5.96. The summed E-state index contributed by atoms with van der Waals surface area (Å²) in [5.41, 5.74) is 1.69. The SMILES string of the molecule is CCCC[C@H]1CN(C[C@H]2CCN(C(=O)OCC)C2)C(=O)OC12CCN(C1(C)CCN(C(=O)c3c(C)ncnc3C)CC1)CC2. The van der Waals surface area contributed by atoms with Crippen LogP contribution in [-0.2, 0) is 9.47 Å². The Morgan fingerprint density at radius 2 is 1.66 bits per heavy atom. The van der Waals surface area contributed by atoms with Crippen molar-refractivity contribution in [2.24, 2.45) is 11.8 Å². The Labute approximate surface area is 262 Å². The molecule has 4 aliphatic heterocycles. The number of carbonyl (C=O) groups excluding carboxylic acids is 3. The molecule has 3 amide bonds. The van der Waals surface area contributed by atoms with E-state index in [0.717, 1.165) is 82.4 Å². The Bertz CT molecular complexity index is 1170. The van der Waals surface area contributed by atoms with Gasteiger partial charge in [0.05, 0.1) is 23.6 Å². The van der Waals surface area contributed by atoms with Gasteiger partial charge in [-0.2, -0.15) is 0 Å². The summed E-state index contributed by atoms with van der Waals surface area (Å²) in [7, 11) is 0. The summed E-state index contributed by atoms with van der Waals surface area (Å²) in [6.45, 7) is 16.4. The first kappa shape index (κ1) is 32.4. The van der Waals surface area contributed by atoms with Gasteiger partial charge < -0.3 is 24.2 Å². The number of piperidine rings is 2. The Morgan fingerprint density at radius 1 is 0.977 bits per heavy atom. The minimum absolute atomic E-state index is 0.00651. The second-order valence-corrected chi connectivity index (χ2v) is 13.7. The predicted octanol–water partition coefficient (Wildman–Crippen LogP) is 4.66. The van der Waals surface area contributed by atoms with E-state index in [1.807, 2.05) is 30.6 Å². The molecule has 0 aliphatic carbocycles. The van der Waals surface area contributed by atoms with Crippen molar-refractivity contribution in [3.05, 3.63) is 23.3 Å². The van der Waals surface area contributed by atoms with Gasteiger partial charge in [0, 0.05) is 76.7 Å². The van der Waals surface area contributed by atoms with Crippen molar-refractivity contribution in [2.75, 3.05) is 59.0 Å². The molecular formula is C33H52N6O5. The quantitative estimate of drug-likeness (QED) is 0.417. The van der Waals surface area contributed by atoms with Crippen LogP contribution in [0.1, 0.15) is 93.9 Å². The molecule has 1 aromatic rings. The van der Waals surface area contributed by atoms with Crippen molar-refractivity contribution in [3.8, 4) is 0 Å². The normalized spacial score (nSPS) is 25.3. The van der Waals surface area contributed by atoms with Crippen LogP contribution < -0.4 is 0 Å². The molecule has 5 rings (SSSR count). The van der Waals surface area contributed by atoms with Crippen LogP contribution in [0.2, 0.25) is 0 Å². The largest absolute Gasteiger partial charge is 0.450 e. The molecule has 0 saturated carbocycles. The van der Waals surface area contributed by atoms with Gasteiger partial charge in [-0.15, -0.1) is 0 Å². The third-order valence-corrected chi connectivity index (χ3v) is 10.9. The Balaban J connectivity index is 1.17. The van der Waals surface area contributed by atoms with E-state index in [1.54, 1.807) is 4.90 Å². The molecule has 2 atom stereocenters. The maximum absolute atomic E-state index is 13.4. The molecule has 1 aromatic heterocycles. The van der Waals surface area contributed by atoms with Crippen LogP contribution in [0.4, 0.5) is 9.59 Å². The highest BCUT2D eigenvalue weighted by Crippen LogP contribution is 2.43. The standard InChI is InChI=1S/C33H52N6O5/c1-6-8-9-27-22-38(21-26-10-15-37(20-26)30(41)43-7-2)31(42)44-33(27)13-18-39(19-14-33)32(5)11-16-36(17-12-32)29(40)28-24(3)34-23-35-25(28)4/h23,26-27H,6-22H2,1-5H3/t26-,27-/m0/s1. The fourth-order valence-corrected chi connectivity index (χ4v) is 7.96. The zero-order valence-corrected chi connectivity index (χ0v) is 27.5. The predicted molar refractivity (Wildman–Crippen MR) is 166 cm³/mol. The van der Waals surface area contributed by atoms with Crippen LogP contribution in [0.15, 0.2) is 6.33 Å². The second-order valence-electron chi connectivity index (χ2n) is 13.7. The summed E-state index contributed by atoms with van der Waals surface area (Å²) in [5.74, 6) is 0.579. The monoisotopic (exact) mass is 612 g/mol. The maximum Gasteiger partial charge on any atom is 0.410 e. The summed E-state index contributed by atoms with van der Waals surface area (Å²) in [6, 6.07) is 0. The smallest absolute Gasteiger partial charge is 0.410 e. The van der Waals surface area contributed by atoms with Gasteiger partial charge in [-0.25, -0.2) is 19.6 Å². The van der Waals surface area contributed by atoms with E-state index in [9.17, 15) is 14.4 Å². The zero-order valence-electron chi connectivity index (χ0n) is 27.5. The number of likely N-dealkylation sites (tertiary alicyclic amines) is 3. The van der Waals surface area contributed by atoms with Gasteiger partial charge in [-0.3, -0.25) is 9.69 Å². The van der Waals surface area contributed by atoms with Gasteiger partial charge in [0.1, 0.15) is 11.9 Å². The highest BCUT2D eigenvalue weighted by atomic mass is 16.6. The summed E-state index contributed by atoms with van der Waals surface area (Å²) in [6.07, 6.45) is 8.74. The van der Waals surface area contributed by atoms with E-state index in [2.05, 4.69) is 28.7 Å². The Hall–Kier alpha value is -2.95. The lowest BCUT2D eigenvalue weighted by Gasteiger charge is -2.55. The van der Waals surface area contributed by atoms with Gasteiger partial charge in [-0.05, 0) is 59.3 Å². The molecule has 0 N–H and O–H groups in total. The van der Waals surface area contributed by atoms with Crippen LogP contribution in [0.3, 0.4) is 0 Å². The van der Waals surface area contributed by atoms with Gasteiger partial charge in [-0.1, -0.05) is 19.8 Å². The molecule has 5 heterocycles. The topological polar surface area (TPSA) is 108 Å². The third kappa shape index (κ3) is 6.67. The number of carbonyl (C=O) groups is 3. The number of hydrogen-bond acceptors (Lipinski definition) is 8. The van der Waals surface area contributed by atoms with E-state index in [0.29, 0.717) is 50.8 Å². The molecule has 0 radical (unpaired) electrons. The molecule has 4 aliphatic rings. The summed E-state index contributed by atoms with van der Waals surface area (Å²) in [4.78, 5) is 55.7. The van der Waals surface area contributed by atoms with Gasteiger partial charge in [0.2, 0.25) is 0 Å². The highest BCUT2D eigenvalue weighted by Gasteiger charge is 2.52. The fourth-order valence-electron chi connectivity index (χ4n) is 7.96. The van der Waals surface area contributed by atoms with Crippen LogP contribution in [0.5, 0.6) is 0 Å². The number of ether oxygens (including phenoxy) is 2. The van der Waals surface area contributed by atoms with Crippen LogP contribution in [-0.4, -0.2) is 118 Å². The number of nitrogens with zero attached hydrogens (tertiary/aromatic N) is 6. The molecule has 4 fully saturated rings. The van der Waals surface area contributed by atoms with Gasteiger partial charge >= 0.3 is 12.2 Å². The van der Waals surface area contributed by atoms with E-state index in [1.165, 1.54) is 6.33 Å². The lowest BCUT2D eigenvalue weighted by molar-refractivity contribution is -0.134. The second kappa shape index (κ2) is 13.6. The van der Waals surface area contributed by atoms with Gasteiger partial charge in [0.15, 0.2) is 0 Å².